The fourth-order valence-corrected chi connectivity index (χ4v) is 12.1. The molecular formula is C42H57NO8Si. The van der Waals surface area contributed by atoms with Gasteiger partial charge in [-0.25, -0.2) is 9.36 Å². The molecule has 0 radical (unpaired) electrons. The Bertz CT molecular complexity index is 1730. The van der Waals surface area contributed by atoms with Gasteiger partial charge in [-0.3, -0.25) is 4.79 Å². The van der Waals surface area contributed by atoms with Crippen LogP contribution in [0, 0.1) is 5.92 Å². The highest BCUT2D eigenvalue weighted by molar-refractivity contribution is 6.99. The lowest BCUT2D eigenvalue weighted by atomic mass is 9.82. The van der Waals surface area contributed by atoms with Gasteiger partial charge in [-0.2, -0.15) is 0 Å². The highest BCUT2D eigenvalue weighted by Gasteiger charge is 2.51. The van der Waals surface area contributed by atoms with Crippen molar-refractivity contribution in [1.29, 1.82) is 0 Å². The molecular weight excluding hydrogens is 675 g/mol. The van der Waals surface area contributed by atoms with E-state index in [9.17, 15) is 24.9 Å². The maximum atomic E-state index is 14.1. The van der Waals surface area contributed by atoms with Crippen molar-refractivity contribution in [1.82, 2.24) is 4.57 Å². The molecule has 4 aromatic rings. The predicted molar refractivity (Wildman–Crippen MR) is 208 cm³/mol. The number of rotatable bonds is 15. The van der Waals surface area contributed by atoms with Crippen molar-refractivity contribution in [2.45, 2.75) is 96.3 Å². The molecule has 0 amide bonds. The second-order valence-corrected chi connectivity index (χ2v) is 20.1. The smallest absolute Gasteiger partial charge is 0.419 e. The molecule has 4 rings (SSSR count). The molecule has 1 aromatic heterocycles. The number of nitrogens with zero attached hydrogens (tertiary/aromatic N) is 1. The molecule has 0 aliphatic carbocycles. The molecule has 0 bridgehead atoms. The number of ether oxygens (including phenoxy) is 2. The topological polar surface area (TPSA) is 127 Å². The number of para-hydroxylation sites is 1. The summed E-state index contributed by atoms with van der Waals surface area (Å²) in [6.45, 7) is 13.1. The minimum atomic E-state index is -3.05. The van der Waals surface area contributed by atoms with Crippen LogP contribution in [0.15, 0.2) is 84.9 Å². The van der Waals surface area contributed by atoms with Crippen molar-refractivity contribution in [2.24, 2.45) is 5.92 Å². The molecule has 0 aliphatic heterocycles. The fraction of sp³-hybridized carbons (Fsp3) is 0.476. The summed E-state index contributed by atoms with van der Waals surface area (Å²) in [6, 6.07) is 27.8. The van der Waals surface area contributed by atoms with Crippen LogP contribution in [-0.2, 0) is 25.1 Å². The molecule has 3 aromatic carbocycles. The first-order chi connectivity index (χ1) is 24.6. The SMILES string of the molecule is CCC(O)(CO)C[C@H](CO[Si](c1ccccc1)(c1ccccc1)C(C)(C)C)CC(C(=O)OC)c1c(CCO)c2ccccc2n1C(=O)OC(C)(C)C. The normalized spacial score (nSPS) is 14.8. The van der Waals surface area contributed by atoms with Crippen molar-refractivity contribution >= 4 is 41.7 Å². The number of aromatic nitrogens is 1. The zero-order chi connectivity index (χ0) is 38.3. The monoisotopic (exact) mass is 731 g/mol. The molecule has 9 nitrogen and oxygen atoms in total. The van der Waals surface area contributed by atoms with E-state index in [0.717, 1.165) is 10.4 Å². The summed E-state index contributed by atoms with van der Waals surface area (Å²) in [4.78, 5) is 28.1. The Morgan fingerprint density at radius 1 is 0.846 bits per heavy atom. The molecule has 2 unspecified atom stereocenters. The van der Waals surface area contributed by atoms with Gasteiger partial charge in [0.05, 0.1) is 30.8 Å². The van der Waals surface area contributed by atoms with E-state index in [1.54, 1.807) is 26.8 Å². The molecule has 0 spiro atoms. The number of benzene rings is 3. The lowest BCUT2D eigenvalue weighted by molar-refractivity contribution is -0.143. The van der Waals surface area contributed by atoms with Crippen LogP contribution in [0.1, 0.15) is 84.9 Å². The maximum absolute atomic E-state index is 14.1. The first kappa shape index (κ1) is 41.0. The molecule has 0 fully saturated rings. The number of carbonyl (C=O) groups is 2. The van der Waals surface area contributed by atoms with Crippen molar-refractivity contribution in [3.05, 3.63) is 96.2 Å². The number of aliphatic hydroxyl groups excluding tert-OH is 2. The van der Waals surface area contributed by atoms with Crippen LogP contribution in [-0.4, -0.2) is 78.4 Å². The molecule has 0 aliphatic rings. The van der Waals surface area contributed by atoms with Gasteiger partial charge in [0, 0.05) is 24.3 Å². The van der Waals surface area contributed by atoms with E-state index in [0.29, 0.717) is 22.2 Å². The van der Waals surface area contributed by atoms with Gasteiger partial charge in [-0.15, -0.1) is 0 Å². The van der Waals surface area contributed by atoms with E-state index in [4.69, 9.17) is 13.9 Å². The van der Waals surface area contributed by atoms with E-state index >= 15 is 0 Å². The minimum absolute atomic E-state index is 0.116. The van der Waals surface area contributed by atoms with Gasteiger partial charge < -0.3 is 29.2 Å². The Hall–Kier alpha value is -3.80. The summed E-state index contributed by atoms with van der Waals surface area (Å²) in [5.74, 6) is -2.08. The van der Waals surface area contributed by atoms with E-state index in [1.807, 2.05) is 61.5 Å². The zero-order valence-corrected chi connectivity index (χ0v) is 33.0. The Kier molecular flexibility index (Phi) is 13.3. The van der Waals surface area contributed by atoms with Gasteiger partial charge in [-0.05, 0) is 79.4 Å². The summed E-state index contributed by atoms with van der Waals surface area (Å²) in [7, 11) is -1.74. The third-order valence-corrected chi connectivity index (χ3v) is 14.9. The second-order valence-electron chi connectivity index (χ2n) is 15.8. The van der Waals surface area contributed by atoms with Crippen molar-refractivity contribution in [3.63, 3.8) is 0 Å². The van der Waals surface area contributed by atoms with Crippen LogP contribution in [0.4, 0.5) is 4.79 Å². The molecule has 282 valence electrons. The third kappa shape index (κ3) is 8.86. The van der Waals surface area contributed by atoms with Gasteiger partial charge in [0.1, 0.15) is 5.60 Å². The number of methoxy groups -OCH3 is 1. The molecule has 10 heteroatoms. The highest BCUT2D eigenvalue weighted by atomic mass is 28.4. The Balaban J connectivity index is 1.94. The first-order valence-corrected chi connectivity index (χ1v) is 20.1. The largest absolute Gasteiger partial charge is 0.469 e. The molecule has 0 saturated heterocycles. The third-order valence-electron chi connectivity index (χ3n) is 9.92. The number of hydrogen-bond acceptors (Lipinski definition) is 8. The number of hydrogen-bond donors (Lipinski definition) is 3. The van der Waals surface area contributed by atoms with Crippen molar-refractivity contribution in [2.75, 3.05) is 26.9 Å². The van der Waals surface area contributed by atoms with Crippen LogP contribution < -0.4 is 10.4 Å². The summed E-state index contributed by atoms with van der Waals surface area (Å²) < 4.78 is 20.1. The maximum Gasteiger partial charge on any atom is 0.419 e. The van der Waals surface area contributed by atoms with E-state index < -0.39 is 50.0 Å². The molecule has 3 atom stereocenters. The summed E-state index contributed by atoms with van der Waals surface area (Å²) in [5.41, 5.74) is -0.728. The van der Waals surface area contributed by atoms with Crippen LogP contribution in [0.3, 0.4) is 0 Å². The Morgan fingerprint density at radius 3 is 1.88 bits per heavy atom. The molecule has 1 heterocycles. The van der Waals surface area contributed by atoms with Crippen molar-refractivity contribution < 1.29 is 38.8 Å². The number of esters is 1. The predicted octanol–water partition coefficient (Wildman–Crippen LogP) is 6.32. The second kappa shape index (κ2) is 16.9. The summed E-state index contributed by atoms with van der Waals surface area (Å²) >= 11 is 0. The summed E-state index contributed by atoms with van der Waals surface area (Å²) in [5, 5.41) is 34.8. The fourth-order valence-electron chi connectivity index (χ4n) is 7.44. The molecule has 52 heavy (non-hydrogen) atoms. The summed E-state index contributed by atoms with van der Waals surface area (Å²) in [6.07, 6.45) is 0.0316. The van der Waals surface area contributed by atoms with Gasteiger partial charge in [0.25, 0.3) is 8.32 Å². The number of carbonyl (C=O) groups excluding carboxylic acids is 2. The number of aliphatic hydroxyl groups is 3. The Morgan fingerprint density at radius 2 is 1.40 bits per heavy atom. The van der Waals surface area contributed by atoms with Crippen molar-refractivity contribution in [3.8, 4) is 0 Å². The van der Waals surface area contributed by atoms with Gasteiger partial charge >= 0.3 is 12.1 Å². The lowest BCUT2D eigenvalue weighted by Crippen LogP contribution is -2.67. The van der Waals surface area contributed by atoms with Crippen LogP contribution in [0.25, 0.3) is 10.9 Å². The van der Waals surface area contributed by atoms with Gasteiger partial charge in [0.2, 0.25) is 0 Å². The average molecular weight is 732 g/mol. The highest BCUT2D eigenvalue weighted by Crippen LogP contribution is 2.41. The molecule has 0 saturated carbocycles. The lowest BCUT2D eigenvalue weighted by Gasteiger charge is -2.44. The van der Waals surface area contributed by atoms with E-state index in [2.05, 4.69) is 45.0 Å². The molecule has 3 N–H and O–H groups in total. The van der Waals surface area contributed by atoms with Gasteiger partial charge in [0.15, 0.2) is 0 Å². The first-order valence-electron chi connectivity index (χ1n) is 18.2. The average Bonchev–Trinajstić information content (AvgIpc) is 3.43. The van der Waals surface area contributed by atoms with Gasteiger partial charge in [-0.1, -0.05) is 107 Å². The number of fused-ring (bicyclic) bond motifs is 1. The minimum Gasteiger partial charge on any atom is -0.469 e. The quantitative estimate of drug-likeness (QED) is 0.0958. The van der Waals surface area contributed by atoms with Crippen LogP contribution in [0.5, 0.6) is 0 Å². The van der Waals surface area contributed by atoms with Crippen LogP contribution >= 0.6 is 0 Å². The van der Waals surface area contributed by atoms with Crippen LogP contribution in [0.2, 0.25) is 5.04 Å². The zero-order valence-electron chi connectivity index (χ0n) is 32.0. The standard InChI is InChI=1S/C42H57NO8Si/c1-9-42(48,29-45)27-30(28-50-52(41(5,6)7,31-18-12-10-13-19-31)32-20-14-11-15-21-32)26-35(38(46)49-8)37-34(24-25-44)33-22-16-17-23-36(33)43(37)39(47)51-40(2,3)4/h10-23,30,35,44-45,48H,9,24-29H2,1-8H3/t30-,35?,42?/m1/s1. The van der Waals surface area contributed by atoms with E-state index in [1.165, 1.54) is 11.7 Å². The Labute approximate surface area is 309 Å². The van der Waals surface area contributed by atoms with E-state index in [-0.39, 0.29) is 43.9 Å².